The van der Waals surface area contributed by atoms with Crippen LogP contribution < -0.4 is 0 Å². The number of carbonyl (C=O) groups excluding carboxylic acids is 1. The second-order valence-electron chi connectivity index (χ2n) is 5.76. The maximum Gasteiger partial charge on any atom is 0.243 e. The van der Waals surface area contributed by atoms with Crippen molar-refractivity contribution in [3.8, 4) is 6.07 Å². The van der Waals surface area contributed by atoms with Gasteiger partial charge in [-0.3, -0.25) is 4.79 Å². The first-order valence-electron chi connectivity index (χ1n) is 6.85. The first-order valence-corrected chi connectivity index (χ1v) is 6.85. The fourth-order valence-electron chi connectivity index (χ4n) is 3.41. The summed E-state index contributed by atoms with van der Waals surface area (Å²) in [7, 11) is 0. The standard InChI is InChI=1S/C14H22N2O/c1-3-12-6-4-5-7-16(12)13(17)14(10-15)8-11(2)9-14/h11-12H,3-9H2,1-2H3. The van der Waals surface area contributed by atoms with Crippen LogP contribution in [-0.2, 0) is 4.79 Å². The predicted molar refractivity (Wildman–Crippen MR) is 66.1 cm³/mol. The lowest BCUT2D eigenvalue weighted by molar-refractivity contribution is -0.149. The first-order chi connectivity index (χ1) is 8.13. The molecule has 1 amide bonds. The smallest absolute Gasteiger partial charge is 0.243 e. The molecule has 2 aliphatic rings. The zero-order valence-corrected chi connectivity index (χ0v) is 10.9. The number of nitriles is 1. The minimum absolute atomic E-state index is 0.115. The van der Waals surface area contributed by atoms with Crippen LogP contribution in [0.2, 0.25) is 0 Å². The van der Waals surface area contributed by atoms with E-state index in [-0.39, 0.29) is 5.91 Å². The van der Waals surface area contributed by atoms with E-state index >= 15 is 0 Å². The van der Waals surface area contributed by atoms with Gasteiger partial charge in [0.2, 0.25) is 5.91 Å². The molecule has 0 bridgehead atoms. The summed E-state index contributed by atoms with van der Waals surface area (Å²) in [5.74, 6) is 0.646. The summed E-state index contributed by atoms with van der Waals surface area (Å²) in [6.07, 6.45) is 5.96. The average Bonchev–Trinajstić information content (AvgIpc) is 2.33. The van der Waals surface area contributed by atoms with Gasteiger partial charge in [-0.15, -0.1) is 0 Å². The first kappa shape index (κ1) is 12.4. The molecule has 1 saturated carbocycles. The quantitative estimate of drug-likeness (QED) is 0.737. The van der Waals surface area contributed by atoms with Crippen LogP contribution in [0, 0.1) is 22.7 Å². The third-order valence-corrected chi connectivity index (χ3v) is 4.38. The minimum atomic E-state index is -0.676. The van der Waals surface area contributed by atoms with Crippen molar-refractivity contribution in [1.29, 1.82) is 5.26 Å². The zero-order chi connectivity index (χ0) is 12.5. The molecule has 2 fully saturated rings. The van der Waals surface area contributed by atoms with E-state index in [0.717, 1.165) is 38.6 Å². The van der Waals surface area contributed by atoms with Crippen molar-refractivity contribution >= 4 is 5.91 Å². The van der Waals surface area contributed by atoms with Gasteiger partial charge in [0.25, 0.3) is 0 Å². The number of rotatable bonds is 2. The summed E-state index contributed by atoms with van der Waals surface area (Å²) in [6, 6.07) is 2.67. The predicted octanol–water partition coefficient (Wildman–Crippen LogP) is 2.72. The van der Waals surface area contributed by atoms with Crippen LogP contribution in [0.3, 0.4) is 0 Å². The highest BCUT2D eigenvalue weighted by atomic mass is 16.2. The Labute approximate surface area is 104 Å². The number of amides is 1. The summed E-state index contributed by atoms with van der Waals surface area (Å²) in [5.41, 5.74) is -0.676. The Hall–Kier alpha value is -1.04. The summed E-state index contributed by atoms with van der Waals surface area (Å²) >= 11 is 0. The molecule has 1 unspecified atom stereocenters. The van der Waals surface area contributed by atoms with Crippen molar-refractivity contribution in [2.75, 3.05) is 6.54 Å². The van der Waals surface area contributed by atoms with Crippen LogP contribution in [0.1, 0.15) is 52.4 Å². The van der Waals surface area contributed by atoms with Gasteiger partial charge in [0.15, 0.2) is 0 Å². The zero-order valence-electron chi connectivity index (χ0n) is 10.9. The van der Waals surface area contributed by atoms with Crippen molar-refractivity contribution in [1.82, 2.24) is 4.90 Å². The maximum absolute atomic E-state index is 12.6. The van der Waals surface area contributed by atoms with Crippen LogP contribution in [0.25, 0.3) is 0 Å². The van der Waals surface area contributed by atoms with E-state index in [1.54, 1.807) is 0 Å². The van der Waals surface area contributed by atoms with Crippen molar-refractivity contribution in [3.05, 3.63) is 0 Å². The lowest BCUT2D eigenvalue weighted by Gasteiger charge is -2.45. The Kier molecular flexibility index (Phi) is 3.42. The highest BCUT2D eigenvalue weighted by molar-refractivity contribution is 5.87. The van der Waals surface area contributed by atoms with Gasteiger partial charge in [0.1, 0.15) is 5.41 Å². The van der Waals surface area contributed by atoms with Gasteiger partial charge in [-0.2, -0.15) is 5.26 Å². The summed E-state index contributed by atoms with van der Waals surface area (Å²) in [4.78, 5) is 14.6. The van der Waals surface area contributed by atoms with E-state index in [1.807, 2.05) is 4.90 Å². The van der Waals surface area contributed by atoms with Gasteiger partial charge < -0.3 is 4.90 Å². The third-order valence-electron chi connectivity index (χ3n) is 4.38. The molecule has 2 rings (SSSR count). The molecule has 17 heavy (non-hydrogen) atoms. The van der Waals surface area contributed by atoms with Gasteiger partial charge in [0, 0.05) is 12.6 Å². The molecule has 1 heterocycles. The second-order valence-corrected chi connectivity index (χ2v) is 5.76. The molecule has 1 atom stereocenters. The third kappa shape index (κ3) is 2.06. The van der Waals surface area contributed by atoms with E-state index in [1.165, 1.54) is 6.42 Å². The molecular formula is C14H22N2O. The van der Waals surface area contributed by atoms with Gasteiger partial charge in [-0.1, -0.05) is 13.8 Å². The maximum atomic E-state index is 12.6. The van der Waals surface area contributed by atoms with Crippen molar-refractivity contribution in [2.45, 2.75) is 58.4 Å². The number of likely N-dealkylation sites (tertiary alicyclic amines) is 1. The largest absolute Gasteiger partial charge is 0.338 e. The Bertz CT molecular complexity index is 339. The van der Waals surface area contributed by atoms with Crippen LogP contribution in [0.5, 0.6) is 0 Å². The Morgan fingerprint density at radius 2 is 2.18 bits per heavy atom. The van der Waals surface area contributed by atoms with Crippen LogP contribution in [-0.4, -0.2) is 23.4 Å². The Morgan fingerprint density at radius 1 is 1.47 bits per heavy atom. The molecular weight excluding hydrogens is 212 g/mol. The molecule has 3 nitrogen and oxygen atoms in total. The molecule has 0 radical (unpaired) electrons. The monoisotopic (exact) mass is 234 g/mol. The topological polar surface area (TPSA) is 44.1 Å². The minimum Gasteiger partial charge on any atom is -0.338 e. The summed E-state index contributed by atoms with van der Waals surface area (Å²) < 4.78 is 0. The second kappa shape index (κ2) is 4.68. The Morgan fingerprint density at radius 3 is 2.71 bits per heavy atom. The van der Waals surface area contributed by atoms with Gasteiger partial charge in [-0.25, -0.2) is 0 Å². The average molecular weight is 234 g/mol. The molecule has 94 valence electrons. The van der Waals surface area contributed by atoms with Gasteiger partial charge in [0.05, 0.1) is 6.07 Å². The normalized spacial score (nSPS) is 37.1. The van der Waals surface area contributed by atoms with Crippen molar-refractivity contribution in [3.63, 3.8) is 0 Å². The van der Waals surface area contributed by atoms with E-state index < -0.39 is 5.41 Å². The number of carbonyl (C=O) groups is 1. The molecule has 1 saturated heterocycles. The van der Waals surface area contributed by atoms with E-state index in [9.17, 15) is 10.1 Å². The highest BCUT2D eigenvalue weighted by Gasteiger charge is 2.51. The molecule has 0 spiro atoms. The van der Waals surface area contributed by atoms with Crippen LogP contribution >= 0.6 is 0 Å². The SMILES string of the molecule is CCC1CCCCN1C(=O)C1(C#N)CC(C)C1. The van der Waals surface area contributed by atoms with Crippen molar-refractivity contribution in [2.24, 2.45) is 11.3 Å². The highest BCUT2D eigenvalue weighted by Crippen LogP contribution is 2.47. The number of hydrogen-bond donors (Lipinski definition) is 0. The molecule has 0 aromatic heterocycles. The molecule has 1 aliphatic carbocycles. The van der Waals surface area contributed by atoms with Gasteiger partial charge >= 0.3 is 0 Å². The summed E-state index contributed by atoms with van der Waals surface area (Å²) in [6.45, 7) is 5.12. The Balaban J connectivity index is 2.10. The molecule has 0 aromatic rings. The van der Waals surface area contributed by atoms with Crippen LogP contribution in [0.4, 0.5) is 0 Å². The lowest BCUT2D eigenvalue weighted by atomic mass is 9.62. The molecule has 1 aliphatic heterocycles. The number of hydrogen-bond acceptors (Lipinski definition) is 2. The van der Waals surface area contributed by atoms with E-state index in [2.05, 4.69) is 19.9 Å². The van der Waals surface area contributed by atoms with Crippen LogP contribution in [0.15, 0.2) is 0 Å². The van der Waals surface area contributed by atoms with Gasteiger partial charge in [-0.05, 0) is 44.4 Å². The lowest BCUT2D eigenvalue weighted by Crippen LogP contribution is -2.54. The fraction of sp³-hybridized carbons (Fsp3) is 0.857. The van der Waals surface area contributed by atoms with Crippen molar-refractivity contribution < 1.29 is 4.79 Å². The fourth-order valence-corrected chi connectivity index (χ4v) is 3.41. The molecule has 0 aromatic carbocycles. The molecule has 0 N–H and O–H groups in total. The van der Waals surface area contributed by atoms with E-state index in [4.69, 9.17) is 0 Å². The number of piperidine rings is 1. The molecule has 3 heteroatoms. The number of nitrogens with zero attached hydrogens (tertiary/aromatic N) is 2. The summed E-state index contributed by atoms with van der Waals surface area (Å²) in [5, 5.41) is 9.32. The van der Waals surface area contributed by atoms with E-state index in [0.29, 0.717) is 12.0 Å².